The second kappa shape index (κ2) is 7.58. The molecule has 0 unspecified atom stereocenters. The van der Waals surface area contributed by atoms with Gasteiger partial charge in [-0.1, -0.05) is 24.1 Å². The maximum Gasteiger partial charge on any atom is 0.340 e. The summed E-state index contributed by atoms with van der Waals surface area (Å²) in [7, 11) is 4.49. The number of carbonyl (C=O) groups is 1. The molecule has 5 nitrogen and oxygen atoms in total. The lowest BCUT2D eigenvalue weighted by molar-refractivity contribution is 0.0600. The molecular formula is C21H17NO4. The summed E-state index contributed by atoms with van der Waals surface area (Å²) in [6, 6.07) is 14.6. The number of methoxy groups -OCH3 is 3. The van der Waals surface area contributed by atoms with Gasteiger partial charge in [-0.25, -0.2) is 9.78 Å². The second-order valence-electron chi connectivity index (χ2n) is 5.42. The first-order chi connectivity index (χ1) is 12.6. The van der Waals surface area contributed by atoms with Crippen LogP contribution in [0.1, 0.15) is 21.6 Å². The number of hydrogen-bond acceptors (Lipinski definition) is 5. The largest absolute Gasteiger partial charge is 0.497 e. The first-order valence-electron chi connectivity index (χ1n) is 7.88. The summed E-state index contributed by atoms with van der Waals surface area (Å²) >= 11 is 0. The predicted octanol–water partition coefficient (Wildman–Crippen LogP) is 3.44. The SMILES string of the molecule is COC(=O)c1cc2ccccc2nc1C#Cc1cc(OC)cc(OC)c1. The van der Waals surface area contributed by atoms with Gasteiger partial charge in [-0.3, -0.25) is 0 Å². The van der Waals surface area contributed by atoms with Crippen molar-refractivity contribution < 1.29 is 19.0 Å². The second-order valence-corrected chi connectivity index (χ2v) is 5.42. The predicted molar refractivity (Wildman–Crippen MR) is 98.6 cm³/mol. The number of aromatic nitrogens is 1. The summed E-state index contributed by atoms with van der Waals surface area (Å²) in [5, 5.41) is 0.849. The number of fused-ring (bicyclic) bond motifs is 1. The van der Waals surface area contributed by atoms with Crippen molar-refractivity contribution in [3.8, 4) is 23.3 Å². The molecule has 0 saturated heterocycles. The van der Waals surface area contributed by atoms with Crippen molar-refractivity contribution in [2.24, 2.45) is 0 Å². The summed E-state index contributed by atoms with van der Waals surface area (Å²) in [6.45, 7) is 0. The number of hydrogen-bond donors (Lipinski definition) is 0. The van der Waals surface area contributed by atoms with Crippen molar-refractivity contribution in [3.05, 3.63) is 65.4 Å². The first-order valence-corrected chi connectivity index (χ1v) is 7.88. The van der Waals surface area contributed by atoms with Crippen LogP contribution in [0.15, 0.2) is 48.5 Å². The normalized spacial score (nSPS) is 9.96. The van der Waals surface area contributed by atoms with E-state index in [2.05, 4.69) is 16.8 Å². The van der Waals surface area contributed by atoms with Crippen LogP contribution in [0.2, 0.25) is 0 Å². The minimum atomic E-state index is -0.476. The van der Waals surface area contributed by atoms with Gasteiger partial charge in [0.05, 0.1) is 32.4 Å². The Labute approximate surface area is 151 Å². The Balaban J connectivity index is 2.11. The third kappa shape index (κ3) is 3.60. The smallest absolute Gasteiger partial charge is 0.340 e. The van der Waals surface area contributed by atoms with E-state index in [-0.39, 0.29) is 0 Å². The van der Waals surface area contributed by atoms with Crippen molar-refractivity contribution in [2.45, 2.75) is 0 Å². The van der Waals surface area contributed by atoms with Gasteiger partial charge in [-0.05, 0) is 30.2 Å². The van der Waals surface area contributed by atoms with Crippen LogP contribution in [-0.4, -0.2) is 32.3 Å². The molecule has 0 N–H and O–H groups in total. The number of rotatable bonds is 3. The molecule has 0 radical (unpaired) electrons. The molecule has 3 aromatic rings. The number of benzene rings is 2. The minimum Gasteiger partial charge on any atom is -0.497 e. The van der Waals surface area contributed by atoms with Gasteiger partial charge in [0.25, 0.3) is 0 Å². The Bertz CT molecular complexity index is 1010. The van der Waals surface area contributed by atoms with Crippen LogP contribution >= 0.6 is 0 Å². The van der Waals surface area contributed by atoms with Gasteiger partial charge in [-0.2, -0.15) is 0 Å². The topological polar surface area (TPSA) is 57.7 Å². The average molecular weight is 347 g/mol. The summed E-state index contributed by atoms with van der Waals surface area (Å²) in [5.41, 5.74) is 2.13. The summed E-state index contributed by atoms with van der Waals surface area (Å²) < 4.78 is 15.4. The van der Waals surface area contributed by atoms with E-state index in [0.717, 1.165) is 10.9 Å². The van der Waals surface area contributed by atoms with Crippen LogP contribution in [-0.2, 0) is 4.74 Å². The molecule has 0 aliphatic carbocycles. The van der Waals surface area contributed by atoms with E-state index in [9.17, 15) is 4.79 Å². The Morgan fingerprint density at radius 3 is 2.27 bits per heavy atom. The highest BCUT2D eigenvalue weighted by molar-refractivity contribution is 5.96. The van der Waals surface area contributed by atoms with E-state index in [0.29, 0.717) is 28.3 Å². The number of esters is 1. The number of ether oxygens (including phenoxy) is 3. The van der Waals surface area contributed by atoms with Crippen LogP contribution in [0.3, 0.4) is 0 Å². The van der Waals surface area contributed by atoms with Crippen molar-refractivity contribution in [2.75, 3.05) is 21.3 Å². The molecule has 0 bridgehead atoms. The lowest BCUT2D eigenvalue weighted by Crippen LogP contribution is -2.06. The molecule has 0 aliphatic heterocycles. The molecule has 0 atom stereocenters. The highest BCUT2D eigenvalue weighted by Gasteiger charge is 2.13. The zero-order chi connectivity index (χ0) is 18.5. The van der Waals surface area contributed by atoms with Crippen molar-refractivity contribution >= 4 is 16.9 Å². The highest BCUT2D eigenvalue weighted by atomic mass is 16.5. The fourth-order valence-corrected chi connectivity index (χ4v) is 2.49. The molecule has 0 saturated carbocycles. The zero-order valence-electron chi connectivity index (χ0n) is 14.7. The van der Waals surface area contributed by atoms with E-state index >= 15 is 0 Å². The average Bonchev–Trinajstić information content (AvgIpc) is 2.70. The molecule has 0 spiro atoms. The van der Waals surface area contributed by atoms with Crippen LogP contribution in [0, 0.1) is 11.8 Å². The zero-order valence-corrected chi connectivity index (χ0v) is 14.7. The molecule has 5 heteroatoms. The van der Waals surface area contributed by atoms with Crippen LogP contribution in [0.4, 0.5) is 0 Å². The standard InChI is InChI=1S/C21H17NO4/c1-24-16-10-14(11-17(13-16)25-2)8-9-20-18(21(23)26-3)12-15-6-4-5-7-19(15)22-20/h4-7,10-13H,1-3H3. The van der Waals surface area contributed by atoms with Gasteiger partial charge in [0, 0.05) is 17.0 Å². The highest BCUT2D eigenvalue weighted by Crippen LogP contribution is 2.22. The quantitative estimate of drug-likeness (QED) is 0.537. The van der Waals surface area contributed by atoms with Gasteiger partial charge in [-0.15, -0.1) is 0 Å². The Kier molecular flexibility index (Phi) is 5.04. The summed E-state index contributed by atoms with van der Waals surface area (Å²) in [6.07, 6.45) is 0. The molecule has 3 rings (SSSR count). The maximum atomic E-state index is 12.1. The van der Waals surface area contributed by atoms with E-state index in [1.54, 1.807) is 38.5 Å². The van der Waals surface area contributed by atoms with E-state index < -0.39 is 5.97 Å². The van der Waals surface area contributed by atoms with Gasteiger partial charge >= 0.3 is 5.97 Å². The number of para-hydroxylation sites is 1. The van der Waals surface area contributed by atoms with Crippen LogP contribution in [0.25, 0.3) is 10.9 Å². The molecule has 130 valence electrons. The molecule has 1 heterocycles. The molecular weight excluding hydrogens is 330 g/mol. The summed E-state index contributed by atoms with van der Waals surface area (Å²) in [5.74, 6) is 6.77. The Morgan fingerprint density at radius 1 is 0.923 bits per heavy atom. The first kappa shape index (κ1) is 17.3. The maximum absolute atomic E-state index is 12.1. The number of nitrogens with zero attached hydrogens (tertiary/aromatic N) is 1. The van der Waals surface area contributed by atoms with E-state index in [4.69, 9.17) is 14.2 Å². The fraction of sp³-hybridized carbons (Fsp3) is 0.143. The third-order valence-corrected chi connectivity index (χ3v) is 3.81. The van der Waals surface area contributed by atoms with E-state index in [1.165, 1.54) is 7.11 Å². The van der Waals surface area contributed by atoms with Crippen molar-refractivity contribution in [1.82, 2.24) is 4.98 Å². The number of carbonyl (C=O) groups excluding carboxylic acids is 1. The molecule has 26 heavy (non-hydrogen) atoms. The van der Waals surface area contributed by atoms with Gasteiger partial charge in [0.1, 0.15) is 17.2 Å². The molecule has 1 aromatic heterocycles. The van der Waals surface area contributed by atoms with Gasteiger partial charge in [0.15, 0.2) is 0 Å². The van der Waals surface area contributed by atoms with Crippen molar-refractivity contribution in [1.29, 1.82) is 0 Å². The fourth-order valence-electron chi connectivity index (χ4n) is 2.49. The third-order valence-electron chi connectivity index (χ3n) is 3.81. The van der Waals surface area contributed by atoms with Crippen LogP contribution < -0.4 is 9.47 Å². The molecule has 0 aliphatic rings. The monoisotopic (exact) mass is 347 g/mol. The number of pyridine rings is 1. The summed E-state index contributed by atoms with van der Waals surface area (Å²) in [4.78, 5) is 16.6. The van der Waals surface area contributed by atoms with Crippen molar-refractivity contribution in [3.63, 3.8) is 0 Å². The lowest BCUT2D eigenvalue weighted by atomic mass is 10.1. The van der Waals surface area contributed by atoms with E-state index in [1.807, 2.05) is 24.3 Å². The molecule has 0 amide bonds. The molecule has 2 aromatic carbocycles. The van der Waals surface area contributed by atoms with Crippen LogP contribution in [0.5, 0.6) is 11.5 Å². The van der Waals surface area contributed by atoms with Gasteiger partial charge < -0.3 is 14.2 Å². The Hall–Kier alpha value is -3.52. The lowest BCUT2D eigenvalue weighted by Gasteiger charge is -2.06. The minimum absolute atomic E-state index is 0.327. The molecule has 0 fully saturated rings. The Morgan fingerprint density at radius 2 is 1.62 bits per heavy atom. The van der Waals surface area contributed by atoms with Gasteiger partial charge in [0.2, 0.25) is 0 Å².